The molecule has 0 fully saturated rings. The minimum absolute atomic E-state index is 0.258. The van der Waals surface area contributed by atoms with Crippen molar-refractivity contribution in [3.05, 3.63) is 75.8 Å². The molecule has 0 bridgehead atoms. The number of aromatic hydroxyl groups is 3. The van der Waals surface area contributed by atoms with Crippen molar-refractivity contribution in [2.75, 3.05) is 6.54 Å². The Balaban J connectivity index is 1.56. The summed E-state index contributed by atoms with van der Waals surface area (Å²) < 4.78 is 5.72. The minimum atomic E-state index is -0.704. The lowest BCUT2D eigenvalue weighted by Gasteiger charge is -2.11. The van der Waals surface area contributed by atoms with E-state index in [1.807, 2.05) is 24.3 Å². The summed E-state index contributed by atoms with van der Waals surface area (Å²) in [5, 5.41) is 31.9. The van der Waals surface area contributed by atoms with Gasteiger partial charge in [0.2, 0.25) is 0 Å². The van der Waals surface area contributed by atoms with E-state index in [2.05, 4.69) is 5.32 Å². The van der Waals surface area contributed by atoms with E-state index in [-0.39, 0.29) is 12.1 Å². The predicted molar refractivity (Wildman–Crippen MR) is 110 cm³/mol. The Labute approximate surface area is 176 Å². The maximum atomic E-state index is 12.2. The highest BCUT2D eigenvalue weighted by atomic mass is 35.5. The average molecular weight is 434 g/mol. The van der Waals surface area contributed by atoms with Crippen molar-refractivity contribution in [3.63, 3.8) is 0 Å². The van der Waals surface area contributed by atoms with Crippen molar-refractivity contribution in [1.82, 2.24) is 5.32 Å². The standard InChI is InChI=1S/C21H17Cl2NO5/c22-13-3-7-15(8-4-13)29-14-5-1-12(2-6-14)9-10-24-21(28)18-16(25)11-17(26)19(23)20(18)27/h1-8,11,25-27H,9-10H2,(H,24,28). The van der Waals surface area contributed by atoms with E-state index in [9.17, 15) is 20.1 Å². The number of amides is 1. The number of benzene rings is 3. The second-order valence-corrected chi connectivity index (χ2v) is 6.97. The summed E-state index contributed by atoms with van der Waals surface area (Å²) in [6, 6.07) is 15.3. The molecular formula is C21H17Cl2NO5. The third kappa shape index (κ3) is 5.04. The molecule has 0 aromatic heterocycles. The van der Waals surface area contributed by atoms with Crippen LogP contribution in [0.2, 0.25) is 10.0 Å². The highest BCUT2D eigenvalue weighted by Gasteiger charge is 2.21. The number of phenolic OH excluding ortho intramolecular Hbond substituents is 3. The van der Waals surface area contributed by atoms with Gasteiger partial charge >= 0.3 is 0 Å². The Kier molecular flexibility index (Phi) is 6.36. The van der Waals surface area contributed by atoms with Crippen LogP contribution in [0.15, 0.2) is 54.6 Å². The molecule has 4 N–H and O–H groups in total. The van der Waals surface area contributed by atoms with E-state index in [4.69, 9.17) is 27.9 Å². The van der Waals surface area contributed by atoms with Crippen LogP contribution < -0.4 is 10.1 Å². The molecule has 0 heterocycles. The van der Waals surface area contributed by atoms with E-state index in [1.54, 1.807) is 24.3 Å². The van der Waals surface area contributed by atoms with Crippen molar-refractivity contribution >= 4 is 29.1 Å². The largest absolute Gasteiger partial charge is 0.507 e. The normalized spacial score (nSPS) is 10.6. The molecular weight excluding hydrogens is 417 g/mol. The molecule has 3 aromatic rings. The van der Waals surface area contributed by atoms with Crippen molar-refractivity contribution in [1.29, 1.82) is 0 Å². The van der Waals surface area contributed by atoms with Crippen molar-refractivity contribution < 1.29 is 24.9 Å². The molecule has 150 valence electrons. The average Bonchev–Trinajstić information content (AvgIpc) is 2.69. The maximum Gasteiger partial charge on any atom is 0.258 e. The smallest absolute Gasteiger partial charge is 0.258 e. The van der Waals surface area contributed by atoms with E-state index in [0.29, 0.717) is 22.9 Å². The molecule has 0 unspecified atom stereocenters. The van der Waals surface area contributed by atoms with E-state index < -0.39 is 28.2 Å². The third-order valence-electron chi connectivity index (χ3n) is 4.10. The Bertz CT molecular complexity index is 1020. The first-order valence-electron chi connectivity index (χ1n) is 8.59. The first-order chi connectivity index (χ1) is 13.8. The molecule has 8 heteroatoms. The lowest BCUT2D eigenvalue weighted by Crippen LogP contribution is -2.25. The van der Waals surface area contributed by atoms with Gasteiger partial charge in [-0.25, -0.2) is 0 Å². The van der Waals surface area contributed by atoms with Crippen LogP contribution in [0.3, 0.4) is 0 Å². The van der Waals surface area contributed by atoms with Crippen molar-refractivity contribution in [2.45, 2.75) is 6.42 Å². The fourth-order valence-electron chi connectivity index (χ4n) is 2.61. The zero-order chi connectivity index (χ0) is 21.0. The first kappa shape index (κ1) is 20.6. The van der Waals surface area contributed by atoms with Crippen molar-refractivity contribution in [2.24, 2.45) is 0 Å². The lowest BCUT2D eigenvalue weighted by molar-refractivity contribution is 0.0948. The summed E-state index contributed by atoms with van der Waals surface area (Å²) >= 11 is 11.5. The van der Waals surface area contributed by atoms with E-state index in [0.717, 1.165) is 11.6 Å². The van der Waals surface area contributed by atoms with Crippen LogP contribution >= 0.6 is 23.2 Å². The van der Waals surface area contributed by atoms with Gasteiger partial charge in [0.1, 0.15) is 33.6 Å². The van der Waals surface area contributed by atoms with Gasteiger partial charge in [0.05, 0.1) is 0 Å². The molecule has 3 aromatic carbocycles. The monoisotopic (exact) mass is 433 g/mol. The summed E-state index contributed by atoms with van der Waals surface area (Å²) in [7, 11) is 0. The summed E-state index contributed by atoms with van der Waals surface area (Å²) in [4.78, 5) is 12.2. The number of hydrogen-bond acceptors (Lipinski definition) is 5. The fourth-order valence-corrected chi connectivity index (χ4v) is 2.89. The zero-order valence-corrected chi connectivity index (χ0v) is 16.5. The third-order valence-corrected chi connectivity index (χ3v) is 4.72. The summed E-state index contributed by atoms with van der Waals surface area (Å²) in [6.07, 6.45) is 0.514. The Morgan fingerprint density at radius 1 is 0.897 bits per heavy atom. The van der Waals surface area contributed by atoms with Crippen LogP contribution in [-0.2, 0) is 6.42 Å². The summed E-state index contributed by atoms with van der Waals surface area (Å²) in [6.45, 7) is 0.258. The SMILES string of the molecule is O=C(NCCc1ccc(Oc2ccc(Cl)cc2)cc1)c1c(O)cc(O)c(Cl)c1O. The molecule has 0 saturated heterocycles. The van der Waals surface area contributed by atoms with Gasteiger partial charge in [0.25, 0.3) is 5.91 Å². The van der Waals surface area contributed by atoms with Gasteiger partial charge in [0.15, 0.2) is 5.75 Å². The Hall–Kier alpha value is -3.09. The van der Waals surface area contributed by atoms with Gasteiger partial charge in [-0.1, -0.05) is 35.3 Å². The zero-order valence-electron chi connectivity index (χ0n) is 15.0. The number of rotatable bonds is 6. The first-order valence-corrected chi connectivity index (χ1v) is 9.34. The summed E-state index contributed by atoms with van der Waals surface area (Å²) in [5.41, 5.74) is 0.561. The molecule has 0 aliphatic carbocycles. The number of ether oxygens (including phenoxy) is 1. The number of halogens is 2. The van der Waals surface area contributed by atoms with Crippen molar-refractivity contribution in [3.8, 4) is 28.7 Å². The minimum Gasteiger partial charge on any atom is -0.507 e. The predicted octanol–water partition coefficient (Wildman–Crippen LogP) is 4.88. The molecule has 0 aliphatic rings. The van der Waals surface area contributed by atoms with Crippen LogP contribution in [0.25, 0.3) is 0 Å². The Morgan fingerprint density at radius 2 is 1.48 bits per heavy atom. The molecule has 0 aliphatic heterocycles. The van der Waals surface area contributed by atoms with Gasteiger partial charge in [-0.05, 0) is 48.4 Å². The van der Waals surface area contributed by atoms with Crippen LogP contribution in [-0.4, -0.2) is 27.8 Å². The van der Waals surface area contributed by atoms with E-state index in [1.165, 1.54) is 0 Å². The fraction of sp³-hybridized carbons (Fsp3) is 0.0952. The molecule has 0 atom stereocenters. The van der Waals surface area contributed by atoms with Gasteiger partial charge in [-0.2, -0.15) is 0 Å². The number of nitrogens with one attached hydrogen (secondary N) is 1. The second kappa shape index (κ2) is 8.94. The molecule has 0 spiro atoms. The van der Waals surface area contributed by atoms with Crippen LogP contribution in [0.4, 0.5) is 0 Å². The second-order valence-electron chi connectivity index (χ2n) is 6.16. The highest BCUT2D eigenvalue weighted by Crippen LogP contribution is 2.40. The number of hydrogen-bond donors (Lipinski definition) is 4. The lowest BCUT2D eigenvalue weighted by atomic mass is 10.1. The molecule has 6 nitrogen and oxygen atoms in total. The van der Waals surface area contributed by atoms with Gasteiger partial charge in [-0.15, -0.1) is 0 Å². The quantitative estimate of drug-likeness (QED) is 0.444. The molecule has 3 rings (SSSR count). The van der Waals surface area contributed by atoms with Crippen LogP contribution in [0, 0.1) is 0 Å². The molecule has 1 amide bonds. The van der Waals surface area contributed by atoms with Crippen LogP contribution in [0.5, 0.6) is 28.7 Å². The highest BCUT2D eigenvalue weighted by molar-refractivity contribution is 6.34. The van der Waals surface area contributed by atoms with Crippen LogP contribution in [0.1, 0.15) is 15.9 Å². The topological polar surface area (TPSA) is 99.0 Å². The van der Waals surface area contributed by atoms with Gasteiger partial charge in [-0.3, -0.25) is 4.79 Å². The molecule has 29 heavy (non-hydrogen) atoms. The molecule has 0 radical (unpaired) electrons. The summed E-state index contributed by atoms with van der Waals surface area (Å²) in [5.74, 6) is -1.13. The maximum absolute atomic E-state index is 12.2. The number of carbonyl (C=O) groups excluding carboxylic acids is 1. The molecule has 0 saturated carbocycles. The Morgan fingerprint density at radius 3 is 2.10 bits per heavy atom. The van der Waals surface area contributed by atoms with E-state index >= 15 is 0 Å². The van der Waals surface area contributed by atoms with Gasteiger partial charge in [0, 0.05) is 17.6 Å². The number of carbonyl (C=O) groups is 1. The van der Waals surface area contributed by atoms with Gasteiger partial charge < -0.3 is 25.4 Å². The number of phenols is 3.